The molecule has 0 amide bonds. The molecular formula is C15H16N4O. The standard InChI is InChI=1S/C15H16N4O/c1-3-18(2)14-8-15(20)19(17-10-14)11-13-6-4-12(9-16)5-7-13/h4-8,10H,3,11H2,1-2H3. The van der Waals surface area contributed by atoms with E-state index in [9.17, 15) is 4.79 Å². The lowest BCUT2D eigenvalue weighted by Gasteiger charge is -2.16. The van der Waals surface area contributed by atoms with Crippen LogP contribution in [-0.4, -0.2) is 23.4 Å². The van der Waals surface area contributed by atoms with Crippen LogP contribution in [0.2, 0.25) is 0 Å². The van der Waals surface area contributed by atoms with Crippen LogP contribution in [-0.2, 0) is 6.54 Å². The van der Waals surface area contributed by atoms with E-state index in [-0.39, 0.29) is 5.56 Å². The predicted molar refractivity (Wildman–Crippen MR) is 77.7 cm³/mol. The van der Waals surface area contributed by atoms with Crippen LogP contribution in [0.3, 0.4) is 0 Å². The second-order valence-corrected chi connectivity index (χ2v) is 4.53. The van der Waals surface area contributed by atoms with Crippen molar-refractivity contribution in [2.45, 2.75) is 13.5 Å². The van der Waals surface area contributed by atoms with E-state index >= 15 is 0 Å². The summed E-state index contributed by atoms with van der Waals surface area (Å²) in [6, 6.07) is 10.8. The Bertz CT molecular complexity index is 682. The van der Waals surface area contributed by atoms with Gasteiger partial charge in [-0.15, -0.1) is 0 Å². The number of nitrogens with zero attached hydrogens (tertiary/aromatic N) is 4. The first-order chi connectivity index (χ1) is 9.63. The van der Waals surface area contributed by atoms with Gasteiger partial charge in [0.25, 0.3) is 5.56 Å². The molecule has 0 bridgehead atoms. The first-order valence-corrected chi connectivity index (χ1v) is 6.41. The highest BCUT2D eigenvalue weighted by molar-refractivity contribution is 5.41. The molecule has 0 aliphatic heterocycles. The fourth-order valence-electron chi connectivity index (χ4n) is 1.79. The van der Waals surface area contributed by atoms with Crippen LogP contribution >= 0.6 is 0 Å². The van der Waals surface area contributed by atoms with Crippen molar-refractivity contribution in [2.75, 3.05) is 18.5 Å². The largest absolute Gasteiger partial charge is 0.373 e. The Labute approximate surface area is 117 Å². The van der Waals surface area contributed by atoms with Gasteiger partial charge in [-0.05, 0) is 24.6 Å². The Hall–Kier alpha value is -2.61. The van der Waals surface area contributed by atoms with Gasteiger partial charge >= 0.3 is 0 Å². The van der Waals surface area contributed by atoms with Crippen LogP contribution in [0.25, 0.3) is 0 Å². The highest BCUT2D eigenvalue weighted by Crippen LogP contribution is 2.07. The summed E-state index contributed by atoms with van der Waals surface area (Å²) in [5.74, 6) is 0. The van der Waals surface area contributed by atoms with Crippen molar-refractivity contribution >= 4 is 5.69 Å². The van der Waals surface area contributed by atoms with Gasteiger partial charge in [0.05, 0.1) is 30.1 Å². The summed E-state index contributed by atoms with van der Waals surface area (Å²) < 4.78 is 1.41. The van der Waals surface area contributed by atoms with Crippen LogP contribution < -0.4 is 10.5 Å². The van der Waals surface area contributed by atoms with Crippen LogP contribution in [0.1, 0.15) is 18.1 Å². The molecule has 102 valence electrons. The summed E-state index contributed by atoms with van der Waals surface area (Å²) in [6.07, 6.45) is 1.69. The monoisotopic (exact) mass is 268 g/mol. The highest BCUT2D eigenvalue weighted by Gasteiger charge is 2.04. The third-order valence-corrected chi connectivity index (χ3v) is 3.19. The summed E-state index contributed by atoms with van der Waals surface area (Å²) >= 11 is 0. The van der Waals surface area contributed by atoms with Gasteiger partial charge in [-0.3, -0.25) is 4.79 Å². The van der Waals surface area contributed by atoms with E-state index in [1.54, 1.807) is 24.4 Å². The molecular weight excluding hydrogens is 252 g/mol. The summed E-state index contributed by atoms with van der Waals surface area (Å²) in [5, 5.41) is 12.9. The average Bonchev–Trinajstić information content (AvgIpc) is 2.49. The average molecular weight is 268 g/mol. The maximum atomic E-state index is 12.0. The Balaban J connectivity index is 2.21. The number of aromatic nitrogens is 2. The predicted octanol–water partition coefficient (Wildman–Crippen LogP) is 1.62. The maximum Gasteiger partial charge on any atom is 0.269 e. The fourth-order valence-corrected chi connectivity index (χ4v) is 1.79. The Morgan fingerprint density at radius 2 is 2.05 bits per heavy atom. The number of nitriles is 1. The number of hydrogen-bond donors (Lipinski definition) is 0. The molecule has 0 aliphatic rings. The quantitative estimate of drug-likeness (QED) is 0.845. The molecule has 2 aromatic rings. The number of benzene rings is 1. The molecule has 5 heteroatoms. The summed E-state index contributed by atoms with van der Waals surface area (Å²) in [6.45, 7) is 3.24. The van der Waals surface area contributed by atoms with Crippen molar-refractivity contribution in [2.24, 2.45) is 0 Å². The van der Waals surface area contributed by atoms with E-state index < -0.39 is 0 Å². The minimum absolute atomic E-state index is 0.132. The lowest BCUT2D eigenvalue weighted by atomic mass is 10.1. The molecule has 0 aliphatic carbocycles. The van der Waals surface area contributed by atoms with Gasteiger partial charge in [0, 0.05) is 19.7 Å². The van der Waals surface area contributed by atoms with Crippen LogP contribution in [0.5, 0.6) is 0 Å². The van der Waals surface area contributed by atoms with E-state index in [2.05, 4.69) is 11.2 Å². The molecule has 0 N–H and O–H groups in total. The zero-order valence-electron chi connectivity index (χ0n) is 11.6. The minimum Gasteiger partial charge on any atom is -0.373 e. The summed E-state index contributed by atoms with van der Waals surface area (Å²) in [5.41, 5.74) is 2.23. The van der Waals surface area contributed by atoms with Crippen molar-refractivity contribution in [3.8, 4) is 6.07 Å². The smallest absolute Gasteiger partial charge is 0.269 e. The van der Waals surface area contributed by atoms with Crippen molar-refractivity contribution in [1.29, 1.82) is 5.26 Å². The Morgan fingerprint density at radius 1 is 1.35 bits per heavy atom. The van der Waals surface area contributed by atoms with Crippen molar-refractivity contribution in [3.05, 3.63) is 58.0 Å². The molecule has 1 aromatic carbocycles. The second-order valence-electron chi connectivity index (χ2n) is 4.53. The first kappa shape index (κ1) is 13.8. The third-order valence-electron chi connectivity index (χ3n) is 3.19. The summed E-state index contributed by atoms with van der Waals surface area (Å²) in [7, 11) is 1.92. The van der Waals surface area contributed by atoms with E-state index in [1.807, 2.05) is 31.0 Å². The van der Waals surface area contributed by atoms with E-state index in [0.29, 0.717) is 12.1 Å². The first-order valence-electron chi connectivity index (χ1n) is 6.41. The molecule has 5 nitrogen and oxygen atoms in total. The van der Waals surface area contributed by atoms with Crippen LogP contribution in [0.4, 0.5) is 5.69 Å². The fraction of sp³-hybridized carbons (Fsp3) is 0.267. The Morgan fingerprint density at radius 3 is 2.60 bits per heavy atom. The molecule has 0 atom stereocenters. The molecule has 1 aromatic heterocycles. The van der Waals surface area contributed by atoms with Crippen molar-refractivity contribution < 1.29 is 0 Å². The maximum absolute atomic E-state index is 12.0. The SMILES string of the molecule is CCN(C)c1cnn(Cc2ccc(C#N)cc2)c(=O)c1. The normalized spacial score (nSPS) is 10.1. The van der Waals surface area contributed by atoms with Gasteiger partial charge in [0.1, 0.15) is 0 Å². The van der Waals surface area contributed by atoms with Gasteiger partial charge < -0.3 is 4.90 Å². The molecule has 0 spiro atoms. The molecule has 0 unspecified atom stereocenters. The second kappa shape index (κ2) is 6.02. The minimum atomic E-state index is -0.132. The lowest BCUT2D eigenvalue weighted by Crippen LogP contribution is -2.25. The molecule has 20 heavy (non-hydrogen) atoms. The number of rotatable bonds is 4. The highest BCUT2D eigenvalue weighted by atomic mass is 16.1. The van der Waals surface area contributed by atoms with Gasteiger partial charge in [-0.1, -0.05) is 12.1 Å². The van der Waals surface area contributed by atoms with E-state index in [1.165, 1.54) is 4.68 Å². The van der Waals surface area contributed by atoms with E-state index in [4.69, 9.17) is 5.26 Å². The molecule has 0 fully saturated rings. The Kier molecular flexibility index (Phi) is 4.16. The molecule has 1 heterocycles. The van der Waals surface area contributed by atoms with Gasteiger partial charge in [0.15, 0.2) is 0 Å². The summed E-state index contributed by atoms with van der Waals surface area (Å²) in [4.78, 5) is 14.0. The number of anilines is 1. The van der Waals surface area contributed by atoms with Crippen molar-refractivity contribution in [3.63, 3.8) is 0 Å². The third kappa shape index (κ3) is 3.04. The zero-order valence-corrected chi connectivity index (χ0v) is 11.6. The molecule has 2 rings (SSSR count). The van der Waals surface area contributed by atoms with Gasteiger partial charge in [-0.25, -0.2) is 4.68 Å². The van der Waals surface area contributed by atoms with Crippen LogP contribution in [0, 0.1) is 11.3 Å². The molecule has 0 saturated carbocycles. The zero-order chi connectivity index (χ0) is 14.5. The van der Waals surface area contributed by atoms with E-state index in [0.717, 1.165) is 17.8 Å². The van der Waals surface area contributed by atoms with Crippen molar-refractivity contribution in [1.82, 2.24) is 9.78 Å². The molecule has 0 radical (unpaired) electrons. The molecule has 0 saturated heterocycles. The van der Waals surface area contributed by atoms with Gasteiger partial charge in [0.2, 0.25) is 0 Å². The van der Waals surface area contributed by atoms with Gasteiger partial charge in [-0.2, -0.15) is 10.4 Å². The lowest BCUT2D eigenvalue weighted by molar-refractivity contribution is 0.637. The number of hydrogen-bond acceptors (Lipinski definition) is 4. The van der Waals surface area contributed by atoms with Crippen LogP contribution in [0.15, 0.2) is 41.3 Å². The topological polar surface area (TPSA) is 61.9 Å².